The molecule has 0 saturated carbocycles. The van der Waals surface area contributed by atoms with Crippen molar-refractivity contribution in [3.63, 3.8) is 0 Å². The van der Waals surface area contributed by atoms with E-state index in [1.165, 1.54) is 16.3 Å². The SMILES string of the molecule is CCC(=O)C(C)Cc1cccc2ccccc12. The molecule has 0 heterocycles. The number of benzene rings is 2. The maximum absolute atomic E-state index is 11.7. The van der Waals surface area contributed by atoms with Gasteiger partial charge >= 0.3 is 0 Å². The molecule has 1 heteroatoms. The summed E-state index contributed by atoms with van der Waals surface area (Å²) in [5.74, 6) is 0.462. The van der Waals surface area contributed by atoms with Crippen molar-refractivity contribution in [3.05, 3.63) is 48.0 Å². The molecule has 1 unspecified atom stereocenters. The summed E-state index contributed by atoms with van der Waals surface area (Å²) < 4.78 is 0. The van der Waals surface area contributed by atoms with Crippen LogP contribution in [0.25, 0.3) is 10.8 Å². The molecule has 88 valence electrons. The van der Waals surface area contributed by atoms with Gasteiger partial charge in [-0.15, -0.1) is 0 Å². The molecule has 17 heavy (non-hydrogen) atoms. The second-order valence-electron chi connectivity index (χ2n) is 4.56. The van der Waals surface area contributed by atoms with Crippen LogP contribution in [0.5, 0.6) is 0 Å². The van der Waals surface area contributed by atoms with E-state index in [9.17, 15) is 4.79 Å². The monoisotopic (exact) mass is 226 g/mol. The topological polar surface area (TPSA) is 17.1 Å². The van der Waals surface area contributed by atoms with Crippen molar-refractivity contribution in [3.8, 4) is 0 Å². The molecule has 1 nitrogen and oxygen atoms in total. The van der Waals surface area contributed by atoms with Crippen LogP contribution in [0.3, 0.4) is 0 Å². The highest BCUT2D eigenvalue weighted by molar-refractivity contribution is 5.87. The predicted molar refractivity (Wildman–Crippen MR) is 72.1 cm³/mol. The normalized spacial score (nSPS) is 12.6. The summed E-state index contributed by atoms with van der Waals surface area (Å²) in [5.41, 5.74) is 1.28. The average molecular weight is 226 g/mol. The summed E-state index contributed by atoms with van der Waals surface area (Å²) in [5, 5.41) is 2.52. The Bertz CT molecular complexity index is 523. The lowest BCUT2D eigenvalue weighted by atomic mass is 9.92. The van der Waals surface area contributed by atoms with E-state index in [1.807, 2.05) is 19.9 Å². The number of fused-ring (bicyclic) bond motifs is 1. The van der Waals surface area contributed by atoms with Crippen LogP contribution in [-0.4, -0.2) is 5.78 Å². The van der Waals surface area contributed by atoms with Crippen molar-refractivity contribution in [2.45, 2.75) is 26.7 Å². The number of rotatable bonds is 4. The maximum atomic E-state index is 11.7. The molecule has 0 aliphatic heterocycles. The number of Topliss-reactive ketones (excluding diaryl/α,β-unsaturated/α-hetero) is 1. The van der Waals surface area contributed by atoms with Crippen molar-refractivity contribution in [2.75, 3.05) is 0 Å². The molecule has 2 aromatic carbocycles. The summed E-state index contributed by atoms with van der Waals surface area (Å²) in [6, 6.07) is 14.7. The van der Waals surface area contributed by atoms with Gasteiger partial charge in [0.05, 0.1) is 0 Å². The zero-order valence-electron chi connectivity index (χ0n) is 10.4. The van der Waals surface area contributed by atoms with E-state index in [1.54, 1.807) is 0 Å². The molecule has 0 aromatic heterocycles. The zero-order valence-corrected chi connectivity index (χ0v) is 10.4. The Balaban J connectivity index is 2.33. The lowest BCUT2D eigenvalue weighted by molar-refractivity contribution is -0.122. The molecule has 2 rings (SSSR count). The third-order valence-electron chi connectivity index (χ3n) is 3.30. The molecule has 1 atom stereocenters. The molecule has 0 spiro atoms. The van der Waals surface area contributed by atoms with Crippen LogP contribution in [0.2, 0.25) is 0 Å². The largest absolute Gasteiger partial charge is 0.299 e. The minimum atomic E-state index is 0.116. The Morgan fingerprint density at radius 1 is 1.12 bits per heavy atom. The Hall–Kier alpha value is -1.63. The fourth-order valence-corrected chi connectivity index (χ4v) is 2.26. The Morgan fingerprint density at radius 2 is 1.82 bits per heavy atom. The third-order valence-corrected chi connectivity index (χ3v) is 3.30. The highest BCUT2D eigenvalue weighted by Crippen LogP contribution is 2.21. The van der Waals surface area contributed by atoms with Gasteiger partial charge in [0, 0.05) is 12.3 Å². The van der Waals surface area contributed by atoms with E-state index in [4.69, 9.17) is 0 Å². The first-order valence-electron chi connectivity index (χ1n) is 6.21. The lowest BCUT2D eigenvalue weighted by Crippen LogP contribution is -2.12. The van der Waals surface area contributed by atoms with Crippen LogP contribution in [-0.2, 0) is 11.2 Å². The molecule has 0 radical (unpaired) electrons. The van der Waals surface area contributed by atoms with E-state index < -0.39 is 0 Å². The molecular formula is C16H18O. The van der Waals surface area contributed by atoms with Crippen molar-refractivity contribution >= 4 is 16.6 Å². The fourth-order valence-electron chi connectivity index (χ4n) is 2.26. The first kappa shape index (κ1) is 11.8. The van der Waals surface area contributed by atoms with Gasteiger partial charge in [0.15, 0.2) is 0 Å². The molecule has 0 fully saturated rings. The van der Waals surface area contributed by atoms with E-state index in [2.05, 4.69) is 36.4 Å². The smallest absolute Gasteiger partial charge is 0.135 e. The second kappa shape index (κ2) is 5.13. The highest BCUT2D eigenvalue weighted by Gasteiger charge is 2.12. The van der Waals surface area contributed by atoms with Gasteiger partial charge in [-0.3, -0.25) is 4.79 Å². The number of hydrogen-bond donors (Lipinski definition) is 0. The summed E-state index contributed by atoms with van der Waals surface area (Å²) >= 11 is 0. The average Bonchev–Trinajstić information content (AvgIpc) is 2.38. The Labute approximate surface area is 102 Å². The van der Waals surface area contributed by atoms with Gasteiger partial charge < -0.3 is 0 Å². The van der Waals surface area contributed by atoms with Gasteiger partial charge in [-0.05, 0) is 22.8 Å². The number of hydrogen-bond acceptors (Lipinski definition) is 1. The van der Waals surface area contributed by atoms with E-state index in [-0.39, 0.29) is 5.92 Å². The molecule has 0 saturated heterocycles. The molecular weight excluding hydrogens is 208 g/mol. The van der Waals surface area contributed by atoms with E-state index in [0.29, 0.717) is 12.2 Å². The second-order valence-corrected chi connectivity index (χ2v) is 4.56. The third kappa shape index (κ3) is 2.55. The van der Waals surface area contributed by atoms with Crippen molar-refractivity contribution < 1.29 is 4.79 Å². The van der Waals surface area contributed by atoms with Gasteiger partial charge in [-0.2, -0.15) is 0 Å². The molecule has 0 aliphatic rings. The summed E-state index contributed by atoms with van der Waals surface area (Å²) in [4.78, 5) is 11.7. The van der Waals surface area contributed by atoms with E-state index >= 15 is 0 Å². The summed E-state index contributed by atoms with van der Waals surface area (Å²) in [7, 11) is 0. The van der Waals surface area contributed by atoms with Crippen LogP contribution >= 0.6 is 0 Å². The van der Waals surface area contributed by atoms with Gasteiger partial charge in [0.1, 0.15) is 5.78 Å². The molecule has 2 aromatic rings. The first-order valence-corrected chi connectivity index (χ1v) is 6.21. The molecule has 0 amide bonds. The van der Waals surface area contributed by atoms with Crippen LogP contribution in [0, 0.1) is 5.92 Å². The van der Waals surface area contributed by atoms with Gasteiger partial charge in [0.2, 0.25) is 0 Å². The summed E-state index contributed by atoms with van der Waals surface area (Å²) in [6.07, 6.45) is 1.47. The Morgan fingerprint density at radius 3 is 2.59 bits per heavy atom. The molecule has 0 bridgehead atoms. The fraction of sp³-hybridized carbons (Fsp3) is 0.312. The molecule has 0 aliphatic carbocycles. The van der Waals surface area contributed by atoms with Gasteiger partial charge in [-0.25, -0.2) is 0 Å². The van der Waals surface area contributed by atoms with Crippen molar-refractivity contribution in [1.29, 1.82) is 0 Å². The number of carbonyl (C=O) groups is 1. The highest BCUT2D eigenvalue weighted by atomic mass is 16.1. The summed E-state index contributed by atoms with van der Waals surface area (Å²) in [6.45, 7) is 3.95. The minimum Gasteiger partial charge on any atom is -0.299 e. The quantitative estimate of drug-likeness (QED) is 0.770. The van der Waals surface area contributed by atoms with Crippen molar-refractivity contribution in [2.24, 2.45) is 5.92 Å². The standard InChI is InChI=1S/C16H18O/c1-3-16(17)12(2)11-14-9-6-8-13-7-4-5-10-15(13)14/h4-10,12H,3,11H2,1-2H3. The van der Waals surface area contributed by atoms with Gasteiger partial charge in [0.25, 0.3) is 0 Å². The Kier molecular flexibility index (Phi) is 3.58. The van der Waals surface area contributed by atoms with Crippen LogP contribution < -0.4 is 0 Å². The van der Waals surface area contributed by atoms with Gasteiger partial charge in [-0.1, -0.05) is 56.3 Å². The lowest BCUT2D eigenvalue weighted by Gasteiger charge is -2.11. The predicted octanol–water partition coefficient (Wildman–Crippen LogP) is 4.00. The molecule has 0 N–H and O–H groups in total. The van der Waals surface area contributed by atoms with Crippen LogP contribution in [0.1, 0.15) is 25.8 Å². The number of carbonyl (C=O) groups excluding carboxylic acids is 1. The van der Waals surface area contributed by atoms with Crippen LogP contribution in [0.15, 0.2) is 42.5 Å². The minimum absolute atomic E-state index is 0.116. The van der Waals surface area contributed by atoms with Crippen molar-refractivity contribution in [1.82, 2.24) is 0 Å². The zero-order chi connectivity index (χ0) is 12.3. The maximum Gasteiger partial charge on any atom is 0.135 e. The number of ketones is 1. The van der Waals surface area contributed by atoms with Crippen LogP contribution in [0.4, 0.5) is 0 Å². The van der Waals surface area contributed by atoms with E-state index in [0.717, 1.165) is 6.42 Å². The first-order chi connectivity index (χ1) is 8.22.